The van der Waals surface area contributed by atoms with E-state index in [0.717, 1.165) is 32.7 Å². The fourth-order valence-electron chi connectivity index (χ4n) is 5.16. The van der Waals surface area contributed by atoms with Gasteiger partial charge < -0.3 is 19.7 Å². The minimum atomic E-state index is -0.522. The molecule has 0 saturated carbocycles. The number of rotatable bonds is 7. The number of fused-ring (bicyclic) bond motifs is 3. The number of phenolic OH excluding ortho intramolecular Hbond substituents is 1. The summed E-state index contributed by atoms with van der Waals surface area (Å²) in [5.74, 6) is 0.315. The largest absolute Gasteiger partial charge is 0.504 e. The van der Waals surface area contributed by atoms with Crippen molar-refractivity contribution in [3.63, 3.8) is 0 Å². The first-order valence-corrected chi connectivity index (χ1v) is 12.6. The van der Waals surface area contributed by atoms with E-state index in [0.29, 0.717) is 28.0 Å². The zero-order valence-electron chi connectivity index (χ0n) is 23.2. The van der Waals surface area contributed by atoms with Crippen LogP contribution in [-0.2, 0) is 14.1 Å². The van der Waals surface area contributed by atoms with Crippen LogP contribution < -0.4 is 21.3 Å². The highest BCUT2D eigenvalue weighted by molar-refractivity contribution is 6.00. The van der Waals surface area contributed by atoms with Crippen LogP contribution >= 0.6 is 0 Å². The third kappa shape index (κ3) is 4.18. The SMILES string of the molecule is C=CC1=C(/C=C\C)n2c(C(/C=C\C)=C(\C)C=C)c3c(=O)n(C)c(=O)n(C)c3c2C(c2ccc(O)c(OC)c2)N1. The van der Waals surface area contributed by atoms with Crippen LogP contribution in [0.3, 0.4) is 0 Å². The number of nitrogens with one attached hydrogen (secondary N) is 1. The molecule has 0 radical (unpaired) electrons. The van der Waals surface area contributed by atoms with E-state index in [1.54, 1.807) is 37.4 Å². The third-order valence-electron chi connectivity index (χ3n) is 7.08. The lowest BCUT2D eigenvalue weighted by Crippen LogP contribution is -2.37. The van der Waals surface area contributed by atoms with E-state index in [1.807, 2.05) is 49.6 Å². The van der Waals surface area contributed by atoms with Crippen molar-refractivity contribution in [3.8, 4) is 11.5 Å². The van der Waals surface area contributed by atoms with Gasteiger partial charge in [-0.3, -0.25) is 13.9 Å². The zero-order valence-corrected chi connectivity index (χ0v) is 23.2. The smallest absolute Gasteiger partial charge is 0.331 e. The van der Waals surface area contributed by atoms with Gasteiger partial charge in [0.2, 0.25) is 0 Å². The van der Waals surface area contributed by atoms with Gasteiger partial charge in [0, 0.05) is 19.7 Å². The summed E-state index contributed by atoms with van der Waals surface area (Å²) in [6.45, 7) is 13.8. The highest BCUT2D eigenvalue weighted by Gasteiger charge is 2.35. The van der Waals surface area contributed by atoms with Crippen LogP contribution in [0.15, 0.2) is 88.7 Å². The first-order valence-electron chi connectivity index (χ1n) is 12.6. The molecule has 0 saturated heterocycles. The number of aromatic hydroxyl groups is 1. The lowest BCUT2D eigenvalue weighted by molar-refractivity contribution is 0.372. The second-order valence-corrected chi connectivity index (χ2v) is 9.31. The van der Waals surface area contributed by atoms with Gasteiger partial charge in [-0.25, -0.2) is 4.79 Å². The van der Waals surface area contributed by atoms with E-state index < -0.39 is 17.3 Å². The van der Waals surface area contributed by atoms with Gasteiger partial charge in [0.05, 0.1) is 46.8 Å². The van der Waals surface area contributed by atoms with E-state index in [2.05, 4.69) is 18.5 Å². The molecule has 1 unspecified atom stereocenters. The standard InChI is InChI=1S/C31H34N4O4/c1-9-13-20(18(5)11-3)27-25-28(33(6)31(38)34(7)30(25)37)29-26(19-15-16-23(36)24(17-19)39-8)32-21(12-4)22(14-10-2)35(27)29/h9-17,26,32,36H,3-4H2,1-2,5-8H3/b13-9-,14-10-,20-18+. The molecule has 1 aromatic carbocycles. The fourth-order valence-corrected chi connectivity index (χ4v) is 5.16. The summed E-state index contributed by atoms with van der Waals surface area (Å²) in [6.07, 6.45) is 11.2. The lowest BCUT2D eigenvalue weighted by Gasteiger charge is -2.32. The lowest BCUT2D eigenvalue weighted by atomic mass is 9.99. The minimum absolute atomic E-state index is 0.00765. The van der Waals surface area contributed by atoms with Crippen LogP contribution in [0.5, 0.6) is 11.5 Å². The zero-order chi connectivity index (χ0) is 28.6. The number of hydrogen-bond acceptors (Lipinski definition) is 5. The van der Waals surface area contributed by atoms with Gasteiger partial charge in [-0.05, 0) is 56.2 Å². The van der Waals surface area contributed by atoms with Crippen molar-refractivity contribution < 1.29 is 9.84 Å². The number of aryl methyl sites for hydroxylation is 1. The second kappa shape index (κ2) is 10.6. The van der Waals surface area contributed by atoms with Gasteiger partial charge in [-0.1, -0.05) is 43.5 Å². The molecule has 2 aromatic heterocycles. The van der Waals surface area contributed by atoms with Crippen molar-refractivity contribution in [2.45, 2.75) is 26.8 Å². The summed E-state index contributed by atoms with van der Waals surface area (Å²) in [4.78, 5) is 27.2. The van der Waals surface area contributed by atoms with Crippen molar-refractivity contribution in [2.75, 3.05) is 7.11 Å². The van der Waals surface area contributed by atoms with Crippen molar-refractivity contribution >= 4 is 22.2 Å². The van der Waals surface area contributed by atoms with Crippen molar-refractivity contribution in [1.29, 1.82) is 0 Å². The van der Waals surface area contributed by atoms with Crippen LogP contribution in [-0.4, -0.2) is 25.9 Å². The molecule has 1 aliphatic heterocycles. The molecule has 4 rings (SSSR count). The Bertz CT molecular complexity index is 1760. The Morgan fingerprint density at radius 2 is 1.85 bits per heavy atom. The Balaban J connectivity index is 2.38. The van der Waals surface area contributed by atoms with Crippen molar-refractivity contribution in [3.05, 3.63) is 117 Å². The predicted molar refractivity (Wildman–Crippen MR) is 158 cm³/mol. The van der Waals surface area contributed by atoms with E-state index in [-0.39, 0.29) is 5.75 Å². The summed E-state index contributed by atoms with van der Waals surface area (Å²) < 4.78 is 10.1. The second-order valence-electron chi connectivity index (χ2n) is 9.31. The highest BCUT2D eigenvalue weighted by Crippen LogP contribution is 2.43. The Labute approximate surface area is 227 Å². The van der Waals surface area contributed by atoms with Crippen LogP contribution in [0.4, 0.5) is 0 Å². The molecule has 3 heterocycles. The average Bonchev–Trinajstić information content (AvgIpc) is 3.29. The maximum atomic E-state index is 13.9. The summed E-state index contributed by atoms with van der Waals surface area (Å²) >= 11 is 0. The number of aromatic nitrogens is 3. The number of methoxy groups -OCH3 is 1. The molecular weight excluding hydrogens is 492 g/mol. The number of allylic oxidation sites excluding steroid dienone is 9. The predicted octanol–water partition coefficient (Wildman–Crippen LogP) is 4.91. The van der Waals surface area contributed by atoms with Crippen molar-refractivity contribution in [2.24, 2.45) is 14.1 Å². The molecule has 1 atom stereocenters. The van der Waals surface area contributed by atoms with Crippen LogP contribution in [0, 0.1) is 0 Å². The van der Waals surface area contributed by atoms with Gasteiger partial charge in [-0.2, -0.15) is 0 Å². The number of benzene rings is 1. The van der Waals surface area contributed by atoms with Gasteiger partial charge in [0.15, 0.2) is 11.5 Å². The monoisotopic (exact) mass is 526 g/mol. The molecule has 1 aliphatic rings. The maximum Gasteiger partial charge on any atom is 0.331 e. The van der Waals surface area contributed by atoms with E-state index >= 15 is 0 Å². The van der Waals surface area contributed by atoms with E-state index in [9.17, 15) is 14.7 Å². The Kier molecular flexibility index (Phi) is 7.40. The summed E-state index contributed by atoms with van der Waals surface area (Å²) in [7, 11) is 4.65. The van der Waals surface area contributed by atoms with E-state index in [1.165, 1.54) is 18.7 Å². The molecule has 3 aromatic rings. The topological polar surface area (TPSA) is 90.4 Å². The van der Waals surface area contributed by atoms with Crippen LogP contribution in [0.25, 0.3) is 22.2 Å². The van der Waals surface area contributed by atoms with Gasteiger partial charge in [-0.15, -0.1) is 0 Å². The highest BCUT2D eigenvalue weighted by atomic mass is 16.5. The molecule has 0 bridgehead atoms. The van der Waals surface area contributed by atoms with E-state index in [4.69, 9.17) is 4.74 Å². The Morgan fingerprint density at radius 3 is 2.44 bits per heavy atom. The van der Waals surface area contributed by atoms with Gasteiger partial charge >= 0.3 is 5.69 Å². The molecule has 0 fully saturated rings. The third-order valence-corrected chi connectivity index (χ3v) is 7.08. The van der Waals surface area contributed by atoms with Crippen molar-refractivity contribution in [1.82, 2.24) is 19.0 Å². The molecule has 0 spiro atoms. The molecule has 39 heavy (non-hydrogen) atoms. The number of phenols is 1. The summed E-state index contributed by atoms with van der Waals surface area (Å²) in [6, 6.07) is 4.58. The first-order chi connectivity index (χ1) is 18.7. The van der Waals surface area contributed by atoms with Crippen LogP contribution in [0.2, 0.25) is 0 Å². The molecule has 8 heteroatoms. The van der Waals surface area contributed by atoms with Gasteiger partial charge in [0.25, 0.3) is 5.56 Å². The van der Waals surface area contributed by atoms with Crippen LogP contribution in [0.1, 0.15) is 43.8 Å². The Hall–Kier alpha value is -4.72. The fraction of sp³-hybridized carbons (Fsp3) is 0.226. The quantitative estimate of drug-likeness (QED) is 0.427. The maximum absolute atomic E-state index is 13.9. The summed E-state index contributed by atoms with van der Waals surface area (Å²) in [5, 5.41) is 14.3. The molecular formula is C31H34N4O4. The Morgan fingerprint density at radius 1 is 1.13 bits per heavy atom. The first kappa shape index (κ1) is 27.3. The molecule has 0 amide bonds. The normalized spacial score (nSPS) is 16.0. The van der Waals surface area contributed by atoms with Gasteiger partial charge in [0.1, 0.15) is 0 Å². The molecule has 8 nitrogen and oxygen atoms in total. The summed E-state index contributed by atoms with van der Waals surface area (Å²) in [5.41, 5.74) is 4.96. The number of ether oxygens (including phenoxy) is 1. The molecule has 2 N–H and O–H groups in total. The number of nitrogens with zero attached hydrogens (tertiary/aromatic N) is 3. The average molecular weight is 527 g/mol. The number of hydrogen-bond donors (Lipinski definition) is 2. The minimum Gasteiger partial charge on any atom is -0.504 e. The molecule has 202 valence electrons. The molecule has 0 aliphatic carbocycles.